The zero-order valence-corrected chi connectivity index (χ0v) is 11.9. The van der Waals surface area contributed by atoms with Crippen LogP contribution < -0.4 is 11.3 Å². The molecule has 0 spiro atoms. The van der Waals surface area contributed by atoms with Crippen molar-refractivity contribution in [1.82, 2.24) is 24.7 Å². The fourth-order valence-electron chi connectivity index (χ4n) is 1.85. The topological polar surface area (TPSA) is 94.5 Å². The van der Waals surface area contributed by atoms with Crippen molar-refractivity contribution in [2.45, 2.75) is 40.5 Å². The maximum Gasteiger partial charge on any atom is 0.164 e. The highest BCUT2D eigenvalue weighted by molar-refractivity contribution is 5.51. The number of anilines is 1. The van der Waals surface area contributed by atoms with E-state index in [0.29, 0.717) is 17.5 Å². The minimum Gasteiger partial charge on any atom is -0.308 e. The normalized spacial score (nSPS) is 11.1. The van der Waals surface area contributed by atoms with Gasteiger partial charge >= 0.3 is 0 Å². The van der Waals surface area contributed by atoms with Crippen molar-refractivity contribution in [3.05, 3.63) is 23.0 Å². The van der Waals surface area contributed by atoms with Gasteiger partial charge in [0.1, 0.15) is 23.3 Å². The number of hydrogen-bond acceptors (Lipinski definition) is 6. The van der Waals surface area contributed by atoms with Crippen molar-refractivity contribution in [3.8, 4) is 5.82 Å². The molecule has 0 radical (unpaired) electrons. The Balaban J connectivity index is 2.68. The third-order valence-corrected chi connectivity index (χ3v) is 2.87. The van der Waals surface area contributed by atoms with Gasteiger partial charge in [-0.1, -0.05) is 13.8 Å². The standard InChI is InChI=1S/C12H19N7/c1-6(2)10-15-11(17-13)7(3)12(16-10)19-9(5)14-8(4)18-19/h6H,13H2,1-5H3,(H,15,16,17). The largest absolute Gasteiger partial charge is 0.308 e. The van der Waals surface area contributed by atoms with E-state index in [1.807, 2.05) is 34.6 Å². The van der Waals surface area contributed by atoms with Gasteiger partial charge in [-0.05, 0) is 20.8 Å². The predicted molar refractivity (Wildman–Crippen MR) is 73.1 cm³/mol. The lowest BCUT2D eigenvalue weighted by Crippen LogP contribution is -2.16. The van der Waals surface area contributed by atoms with Gasteiger partial charge in [0.25, 0.3) is 0 Å². The number of nitrogens with one attached hydrogen (secondary N) is 1. The zero-order valence-electron chi connectivity index (χ0n) is 11.9. The lowest BCUT2D eigenvalue weighted by atomic mass is 10.2. The average Bonchev–Trinajstić information content (AvgIpc) is 2.68. The van der Waals surface area contributed by atoms with Gasteiger partial charge in [0.15, 0.2) is 5.82 Å². The van der Waals surface area contributed by atoms with Crippen molar-refractivity contribution in [2.24, 2.45) is 5.84 Å². The second kappa shape index (κ2) is 4.93. The molecule has 0 bridgehead atoms. The molecule has 0 amide bonds. The molecule has 0 aliphatic heterocycles. The molecule has 0 aliphatic rings. The number of aryl methyl sites for hydroxylation is 2. The first-order valence-electron chi connectivity index (χ1n) is 6.19. The van der Waals surface area contributed by atoms with Gasteiger partial charge in [-0.15, -0.1) is 5.10 Å². The molecule has 2 heterocycles. The molecule has 2 aromatic heterocycles. The van der Waals surface area contributed by atoms with Crippen LogP contribution in [-0.4, -0.2) is 24.7 Å². The zero-order chi connectivity index (χ0) is 14.2. The number of aromatic nitrogens is 5. The summed E-state index contributed by atoms with van der Waals surface area (Å²) in [6.45, 7) is 9.73. The molecule has 0 fully saturated rings. The van der Waals surface area contributed by atoms with Gasteiger partial charge in [0.2, 0.25) is 0 Å². The summed E-state index contributed by atoms with van der Waals surface area (Å²) in [7, 11) is 0. The van der Waals surface area contributed by atoms with E-state index in [4.69, 9.17) is 5.84 Å². The van der Waals surface area contributed by atoms with Gasteiger partial charge in [-0.3, -0.25) is 0 Å². The van der Waals surface area contributed by atoms with Crippen LogP contribution in [0.3, 0.4) is 0 Å². The minimum atomic E-state index is 0.205. The Morgan fingerprint density at radius 1 is 1.11 bits per heavy atom. The van der Waals surface area contributed by atoms with Crippen molar-refractivity contribution in [2.75, 3.05) is 5.43 Å². The molecule has 0 aliphatic carbocycles. The monoisotopic (exact) mass is 261 g/mol. The van der Waals surface area contributed by atoms with Crippen LogP contribution in [0.4, 0.5) is 5.82 Å². The molecule has 7 heteroatoms. The van der Waals surface area contributed by atoms with E-state index in [0.717, 1.165) is 17.2 Å². The van der Waals surface area contributed by atoms with Crippen LogP contribution in [0, 0.1) is 20.8 Å². The quantitative estimate of drug-likeness (QED) is 0.640. The minimum absolute atomic E-state index is 0.205. The number of nitrogens with zero attached hydrogens (tertiary/aromatic N) is 5. The van der Waals surface area contributed by atoms with Crippen molar-refractivity contribution in [1.29, 1.82) is 0 Å². The lowest BCUT2D eigenvalue weighted by molar-refractivity contribution is 0.729. The molecule has 0 saturated carbocycles. The Labute approximate surface area is 112 Å². The van der Waals surface area contributed by atoms with E-state index >= 15 is 0 Å². The van der Waals surface area contributed by atoms with E-state index in [-0.39, 0.29) is 5.92 Å². The molecule has 2 rings (SSSR count). The van der Waals surface area contributed by atoms with E-state index in [9.17, 15) is 0 Å². The maximum atomic E-state index is 5.52. The summed E-state index contributed by atoms with van der Waals surface area (Å²) in [5.41, 5.74) is 3.46. The Morgan fingerprint density at radius 3 is 2.26 bits per heavy atom. The Morgan fingerprint density at radius 2 is 1.79 bits per heavy atom. The molecular formula is C12H19N7. The van der Waals surface area contributed by atoms with E-state index < -0.39 is 0 Å². The van der Waals surface area contributed by atoms with Crippen molar-refractivity contribution in [3.63, 3.8) is 0 Å². The van der Waals surface area contributed by atoms with Crippen LogP contribution >= 0.6 is 0 Å². The number of hydrazine groups is 1. The van der Waals surface area contributed by atoms with Gasteiger partial charge in [0.05, 0.1) is 0 Å². The average molecular weight is 261 g/mol. The van der Waals surface area contributed by atoms with Crippen LogP contribution in [0.1, 0.15) is 42.8 Å². The summed E-state index contributed by atoms with van der Waals surface area (Å²) in [6, 6.07) is 0. The Kier molecular flexibility index (Phi) is 3.48. The molecule has 19 heavy (non-hydrogen) atoms. The summed E-state index contributed by atoms with van der Waals surface area (Å²) in [6.07, 6.45) is 0. The number of rotatable bonds is 3. The van der Waals surface area contributed by atoms with Crippen LogP contribution in [0.25, 0.3) is 5.82 Å². The summed E-state index contributed by atoms with van der Waals surface area (Å²) in [5, 5.41) is 4.36. The Bertz CT molecular complexity index is 600. The van der Waals surface area contributed by atoms with Crippen LogP contribution in [0.15, 0.2) is 0 Å². The number of hydrogen-bond donors (Lipinski definition) is 2. The van der Waals surface area contributed by atoms with Crippen molar-refractivity contribution >= 4 is 5.82 Å². The fourth-order valence-corrected chi connectivity index (χ4v) is 1.85. The first-order valence-corrected chi connectivity index (χ1v) is 6.19. The molecule has 0 unspecified atom stereocenters. The first kappa shape index (κ1) is 13.4. The van der Waals surface area contributed by atoms with E-state index in [2.05, 4.69) is 25.5 Å². The Hall–Kier alpha value is -2.02. The third kappa shape index (κ3) is 2.41. The van der Waals surface area contributed by atoms with Gasteiger partial charge < -0.3 is 5.43 Å². The second-order valence-corrected chi connectivity index (χ2v) is 4.80. The third-order valence-electron chi connectivity index (χ3n) is 2.87. The van der Waals surface area contributed by atoms with Gasteiger partial charge in [0, 0.05) is 11.5 Å². The summed E-state index contributed by atoms with van der Waals surface area (Å²) in [5.74, 6) is 9.28. The molecule has 0 saturated heterocycles. The SMILES string of the molecule is Cc1nc(C)n(-c2nc(C(C)C)nc(NN)c2C)n1. The van der Waals surface area contributed by atoms with Gasteiger partial charge in [-0.2, -0.15) is 4.68 Å². The lowest BCUT2D eigenvalue weighted by Gasteiger charge is -2.13. The predicted octanol–water partition coefficient (Wildman–Crippen LogP) is 1.39. The second-order valence-electron chi connectivity index (χ2n) is 4.80. The molecule has 0 aromatic carbocycles. The highest BCUT2D eigenvalue weighted by atomic mass is 15.4. The summed E-state index contributed by atoms with van der Waals surface area (Å²) >= 11 is 0. The molecular weight excluding hydrogens is 242 g/mol. The highest BCUT2D eigenvalue weighted by Crippen LogP contribution is 2.22. The smallest absolute Gasteiger partial charge is 0.164 e. The molecule has 2 aromatic rings. The fraction of sp³-hybridized carbons (Fsp3) is 0.500. The first-order chi connectivity index (χ1) is 8.93. The molecule has 102 valence electrons. The van der Waals surface area contributed by atoms with Crippen LogP contribution in [0.5, 0.6) is 0 Å². The van der Waals surface area contributed by atoms with E-state index in [1.54, 1.807) is 4.68 Å². The number of nitrogen functional groups attached to an aromatic ring is 1. The maximum absolute atomic E-state index is 5.52. The molecule has 3 N–H and O–H groups in total. The number of nitrogens with two attached hydrogens (primary N) is 1. The van der Waals surface area contributed by atoms with Gasteiger partial charge in [-0.25, -0.2) is 20.8 Å². The molecule has 7 nitrogen and oxygen atoms in total. The summed E-state index contributed by atoms with van der Waals surface area (Å²) < 4.78 is 1.72. The van der Waals surface area contributed by atoms with Crippen molar-refractivity contribution < 1.29 is 0 Å². The van der Waals surface area contributed by atoms with Crippen LogP contribution in [-0.2, 0) is 0 Å². The molecule has 0 atom stereocenters. The highest BCUT2D eigenvalue weighted by Gasteiger charge is 2.16. The van der Waals surface area contributed by atoms with E-state index in [1.165, 1.54) is 0 Å². The van der Waals surface area contributed by atoms with Crippen LogP contribution in [0.2, 0.25) is 0 Å². The summed E-state index contributed by atoms with van der Waals surface area (Å²) in [4.78, 5) is 13.3.